The topological polar surface area (TPSA) is 82.1 Å². The molecule has 7 heteroatoms. The van der Waals surface area contributed by atoms with Crippen LogP contribution in [0.3, 0.4) is 0 Å². The van der Waals surface area contributed by atoms with Crippen molar-refractivity contribution in [3.8, 4) is 0 Å². The highest BCUT2D eigenvalue weighted by Gasteiger charge is 2.31. The molecule has 0 bridgehead atoms. The number of ether oxygens (including phenoxy) is 1. The van der Waals surface area contributed by atoms with E-state index in [1.54, 1.807) is 4.90 Å². The number of aliphatic hydroxyl groups excluding tert-OH is 1. The normalized spacial score (nSPS) is 26.8. The minimum atomic E-state index is -0.392. The van der Waals surface area contributed by atoms with Crippen LogP contribution in [0, 0.1) is 5.92 Å². The zero-order valence-corrected chi connectivity index (χ0v) is 15.0. The summed E-state index contributed by atoms with van der Waals surface area (Å²) in [6.45, 7) is 4.44. The van der Waals surface area contributed by atoms with Gasteiger partial charge in [0, 0.05) is 38.2 Å². The lowest BCUT2D eigenvalue weighted by Gasteiger charge is -2.41. The lowest BCUT2D eigenvalue weighted by atomic mass is 9.92. The molecule has 0 aromatic rings. The Kier molecular flexibility index (Phi) is 6.67. The second kappa shape index (κ2) is 8.96. The van der Waals surface area contributed by atoms with Crippen molar-refractivity contribution in [2.45, 2.75) is 50.7 Å². The maximum atomic E-state index is 12.3. The number of carbonyl (C=O) groups is 2. The maximum absolute atomic E-state index is 12.3. The number of hydrogen-bond acceptors (Lipinski definition) is 5. The van der Waals surface area contributed by atoms with E-state index >= 15 is 0 Å². The third-order valence-corrected chi connectivity index (χ3v) is 5.90. The summed E-state index contributed by atoms with van der Waals surface area (Å²) in [6.07, 6.45) is 6.09. The largest absolute Gasteiger partial charge is 0.387 e. The molecule has 2 amide bonds. The van der Waals surface area contributed by atoms with Crippen molar-refractivity contribution in [2.24, 2.45) is 5.92 Å². The molecule has 3 heterocycles. The van der Waals surface area contributed by atoms with E-state index in [0.717, 1.165) is 71.3 Å². The fourth-order valence-electron chi connectivity index (χ4n) is 4.27. The standard InChI is InChI=1S/C18H31N3O4/c22-13-17(23)21-9-5-15(6-10-21)20-7-3-14(4-8-20)18(24)19-12-16-2-1-11-25-16/h14-16,22H,1-13H2,(H,19,24)/t16-/m0/s1. The fourth-order valence-corrected chi connectivity index (χ4v) is 4.27. The number of hydrogen-bond donors (Lipinski definition) is 2. The molecule has 0 aliphatic carbocycles. The quantitative estimate of drug-likeness (QED) is 0.726. The molecule has 0 spiro atoms. The minimum Gasteiger partial charge on any atom is -0.387 e. The van der Waals surface area contributed by atoms with Crippen molar-refractivity contribution >= 4 is 11.8 Å². The van der Waals surface area contributed by atoms with Crippen LogP contribution in [0.25, 0.3) is 0 Å². The molecule has 0 radical (unpaired) electrons. The molecule has 3 fully saturated rings. The first kappa shape index (κ1) is 18.6. The second-order valence-electron chi connectivity index (χ2n) is 7.46. The molecule has 0 unspecified atom stereocenters. The minimum absolute atomic E-state index is 0.119. The molecule has 0 aromatic heterocycles. The van der Waals surface area contributed by atoms with E-state index in [1.807, 2.05) is 0 Å². The van der Waals surface area contributed by atoms with Crippen LogP contribution in [0.1, 0.15) is 38.5 Å². The van der Waals surface area contributed by atoms with Gasteiger partial charge in [0.15, 0.2) is 0 Å². The Morgan fingerprint density at radius 2 is 1.76 bits per heavy atom. The maximum Gasteiger partial charge on any atom is 0.248 e. The number of likely N-dealkylation sites (tertiary alicyclic amines) is 2. The summed E-state index contributed by atoms with van der Waals surface area (Å²) in [4.78, 5) is 28.1. The predicted molar refractivity (Wildman–Crippen MR) is 93.0 cm³/mol. The van der Waals surface area contributed by atoms with Gasteiger partial charge in [-0.25, -0.2) is 0 Å². The SMILES string of the molecule is O=C(NC[C@@H]1CCCO1)C1CCN(C2CCN(C(=O)CO)CC2)CC1. The molecule has 3 aliphatic heterocycles. The highest BCUT2D eigenvalue weighted by Crippen LogP contribution is 2.24. The summed E-state index contributed by atoms with van der Waals surface area (Å²) < 4.78 is 5.55. The zero-order valence-electron chi connectivity index (χ0n) is 15.0. The van der Waals surface area contributed by atoms with Crippen LogP contribution in [0.4, 0.5) is 0 Å². The molecule has 1 atom stereocenters. The Balaban J connectivity index is 1.35. The van der Waals surface area contributed by atoms with Gasteiger partial charge in [-0.3, -0.25) is 9.59 Å². The number of amides is 2. The van der Waals surface area contributed by atoms with Crippen LogP contribution in [0.2, 0.25) is 0 Å². The van der Waals surface area contributed by atoms with Gasteiger partial charge in [-0.05, 0) is 51.6 Å². The summed E-state index contributed by atoms with van der Waals surface area (Å²) in [6, 6.07) is 0.499. The van der Waals surface area contributed by atoms with Crippen LogP contribution in [0.5, 0.6) is 0 Å². The molecule has 7 nitrogen and oxygen atoms in total. The van der Waals surface area contributed by atoms with Crippen LogP contribution >= 0.6 is 0 Å². The van der Waals surface area contributed by atoms with Gasteiger partial charge >= 0.3 is 0 Å². The Morgan fingerprint density at radius 1 is 1.04 bits per heavy atom. The van der Waals surface area contributed by atoms with Gasteiger partial charge in [0.05, 0.1) is 6.10 Å². The van der Waals surface area contributed by atoms with E-state index in [4.69, 9.17) is 9.84 Å². The molecule has 142 valence electrons. The third kappa shape index (κ3) is 4.92. The highest BCUT2D eigenvalue weighted by molar-refractivity contribution is 5.78. The van der Waals surface area contributed by atoms with Crippen LogP contribution < -0.4 is 5.32 Å². The van der Waals surface area contributed by atoms with Gasteiger partial charge in [0.2, 0.25) is 11.8 Å². The van der Waals surface area contributed by atoms with Crippen LogP contribution in [0.15, 0.2) is 0 Å². The van der Waals surface area contributed by atoms with E-state index in [1.165, 1.54) is 0 Å². The first-order valence-electron chi connectivity index (χ1n) is 9.69. The fraction of sp³-hybridized carbons (Fsp3) is 0.889. The first-order valence-corrected chi connectivity index (χ1v) is 9.69. The number of nitrogens with one attached hydrogen (secondary N) is 1. The summed E-state index contributed by atoms with van der Waals surface area (Å²) in [5, 5.41) is 12.0. The molecule has 25 heavy (non-hydrogen) atoms. The summed E-state index contributed by atoms with van der Waals surface area (Å²) in [7, 11) is 0. The molecule has 3 rings (SSSR count). The lowest BCUT2D eigenvalue weighted by molar-refractivity contribution is -0.136. The van der Waals surface area contributed by atoms with Crippen molar-refractivity contribution in [1.29, 1.82) is 0 Å². The number of nitrogens with zero attached hydrogens (tertiary/aromatic N) is 2. The smallest absolute Gasteiger partial charge is 0.248 e. The predicted octanol–water partition coefficient (Wildman–Crippen LogP) is -0.0231. The lowest BCUT2D eigenvalue weighted by Crippen LogP contribution is -2.50. The van der Waals surface area contributed by atoms with Gasteiger partial charge < -0.3 is 25.0 Å². The summed E-state index contributed by atoms with van der Waals surface area (Å²) in [5.74, 6) is 0.132. The number of piperidine rings is 2. The van der Waals surface area contributed by atoms with Gasteiger partial charge in [0.1, 0.15) is 6.61 Å². The van der Waals surface area contributed by atoms with Crippen molar-refractivity contribution in [2.75, 3.05) is 45.9 Å². The number of aliphatic hydroxyl groups is 1. The molecule has 3 aliphatic rings. The Hall–Kier alpha value is -1.18. The van der Waals surface area contributed by atoms with E-state index in [-0.39, 0.29) is 23.8 Å². The first-order chi connectivity index (χ1) is 12.2. The van der Waals surface area contributed by atoms with Gasteiger partial charge in [-0.15, -0.1) is 0 Å². The van der Waals surface area contributed by atoms with Crippen molar-refractivity contribution in [3.63, 3.8) is 0 Å². The van der Waals surface area contributed by atoms with E-state index < -0.39 is 6.61 Å². The van der Waals surface area contributed by atoms with Crippen LogP contribution in [-0.2, 0) is 14.3 Å². The van der Waals surface area contributed by atoms with Gasteiger partial charge in [0.25, 0.3) is 0 Å². The molecule has 3 saturated heterocycles. The average molecular weight is 353 g/mol. The van der Waals surface area contributed by atoms with Crippen molar-refractivity contribution in [3.05, 3.63) is 0 Å². The molecular formula is C18H31N3O4. The Bertz CT molecular complexity index is 451. The monoisotopic (exact) mass is 353 g/mol. The Morgan fingerprint density at radius 3 is 2.36 bits per heavy atom. The molecular weight excluding hydrogens is 322 g/mol. The molecule has 0 aromatic carbocycles. The molecule has 2 N–H and O–H groups in total. The van der Waals surface area contributed by atoms with Crippen LogP contribution in [-0.4, -0.2) is 84.8 Å². The average Bonchev–Trinajstić information content (AvgIpc) is 3.19. The van der Waals surface area contributed by atoms with Crippen molar-refractivity contribution < 1.29 is 19.4 Å². The van der Waals surface area contributed by atoms with Gasteiger partial charge in [-0.1, -0.05) is 0 Å². The molecule has 0 saturated carbocycles. The van der Waals surface area contributed by atoms with E-state index in [0.29, 0.717) is 12.6 Å². The van der Waals surface area contributed by atoms with Gasteiger partial charge in [-0.2, -0.15) is 0 Å². The number of carbonyl (C=O) groups excluding carboxylic acids is 2. The summed E-state index contributed by atoms with van der Waals surface area (Å²) >= 11 is 0. The second-order valence-corrected chi connectivity index (χ2v) is 7.46. The third-order valence-electron chi connectivity index (χ3n) is 5.90. The summed E-state index contributed by atoms with van der Waals surface area (Å²) in [5.41, 5.74) is 0. The Labute approximate surface area is 149 Å². The van der Waals surface area contributed by atoms with Crippen molar-refractivity contribution in [1.82, 2.24) is 15.1 Å². The van der Waals surface area contributed by atoms with E-state index in [2.05, 4.69) is 10.2 Å². The van der Waals surface area contributed by atoms with E-state index in [9.17, 15) is 9.59 Å². The zero-order chi connectivity index (χ0) is 17.6. The number of rotatable bonds is 5. The highest BCUT2D eigenvalue weighted by atomic mass is 16.5.